The van der Waals surface area contributed by atoms with Gasteiger partial charge in [0.05, 0.1) is 43.7 Å². The van der Waals surface area contributed by atoms with Gasteiger partial charge in [-0.1, -0.05) is 32.9 Å². The van der Waals surface area contributed by atoms with Crippen LogP contribution in [0.4, 0.5) is 4.79 Å². The number of methoxy groups -OCH3 is 1. The lowest BCUT2D eigenvalue weighted by atomic mass is 9.51. The van der Waals surface area contributed by atoms with Crippen molar-refractivity contribution in [2.45, 2.75) is 82.3 Å². The number of aliphatic hydroxyl groups excluding tert-OH is 1. The average molecular weight is 674 g/mol. The van der Waals surface area contributed by atoms with Crippen LogP contribution in [0.15, 0.2) is 24.3 Å². The van der Waals surface area contributed by atoms with E-state index in [9.17, 15) is 29.4 Å². The van der Waals surface area contributed by atoms with Gasteiger partial charge in [-0.15, -0.1) is 0 Å². The first kappa shape index (κ1) is 31.7. The number of esters is 3. The van der Waals surface area contributed by atoms with Crippen molar-refractivity contribution in [3.05, 3.63) is 29.8 Å². The minimum absolute atomic E-state index is 0.106. The smallest absolute Gasteiger partial charge is 0.410 e. The molecule has 5 aliphatic heterocycles. The quantitative estimate of drug-likeness (QED) is 0.321. The zero-order valence-corrected chi connectivity index (χ0v) is 27.2. The van der Waals surface area contributed by atoms with E-state index in [2.05, 4.69) is 0 Å². The van der Waals surface area contributed by atoms with E-state index in [1.807, 2.05) is 20.8 Å². The Balaban J connectivity index is 1.33. The number of amides is 1. The van der Waals surface area contributed by atoms with Gasteiger partial charge in [0.2, 0.25) is 11.9 Å². The lowest BCUT2D eigenvalue weighted by Gasteiger charge is -2.48. The van der Waals surface area contributed by atoms with Gasteiger partial charge in [-0.25, -0.2) is 14.4 Å². The van der Waals surface area contributed by atoms with Gasteiger partial charge in [0.1, 0.15) is 18.0 Å². The van der Waals surface area contributed by atoms with Crippen molar-refractivity contribution in [1.29, 1.82) is 0 Å². The summed E-state index contributed by atoms with van der Waals surface area (Å²) in [6, 6.07) is 6.98. The third-order valence-electron chi connectivity index (χ3n) is 12.0. The summed E-state index contributed by atoms with van der Waals surface area (Å²) in [5.41, 5.74) is -8.93. The van der Waals surface area contributed by atoms with E-state index in [0.29, 0.717) is 24.5 Å². The number of ether oxygens (including phenoxy) is 8. The molecule has 0 bridgehead atoms. The predicted molar refractivity (Wildman–Crippen MR) is 156 cm³/mol. The van der Waals surface area contributed by atoms with Gasteiger partial charge in [0.25, 0.3) is 0 Å². The molecule has 260 valence electrons. The topological polar surface area (TPSA) is 186 Å². The summed E-state index contributed by atoms with van der Waals surface area (Å²) in [7, 11) is 1.54. The number of morpholine rings is 1. The molecule has 15 heteroatoms. The van der Waals surface area contributed by atoms with Crippen LogP contribution in [0.1, 0.15) is 33.3 Å². The molecule has 2 N–H and O–H groups in total. The van der Waals surface area contributed by atoms with Crippen LogP contribution in [0.5, 0.6) is 5.75 Å². The highest BCUT2D eigenvalue weighted by Crippen LogP contribution is 2.85. The van der Waals surface area contributed by atoms with Crippen molar-refractivity contribution in [1.82, 2.24) is 4.90 Å². The zero-order valence-electron chi connectivity index (χ0n) is 27.2. The molecule has 0 radical (unpaired) electrons. The van der Waals surface area contributed by atoms with Crippen LogP contribution in [0.2, 0.25) is 0 Å². The maximum atomic E-state index is 14.4. The Kier molecular flexibility index (Phi) is 6.64. The van der Waals surface area contributed by atoms with Crippen LogP contribution in [0.25, 0.3) is 0 Å². The van der Waals surface area contributed by atoms with Crippen molar-refractivity contribution in [3.63, 3.8) is 0 Å². The fourth-order valence-electron chi connectivity index (χ4n) is 10.4. The first-order valence-corrected chi connectivity index (χ1v) is 16.2. The van der Waals surface area contributed by atoms with E-state index < -0.39 is 100 Å². The van der Waals surface area contributed by atoms with Gasteiger partial charge < -0.3 is 53.0 Å². The third-order valence-corrected chi connectivity index (χ3v) is 12.0. The maximum Gasteiger partial charge on any atom is 0.410 e. The minimum atomic E-state index is -2.46. The monoisotopic (exact) mass is 673 g/mol. The van der Waals surface area contributed by atoms with Crippen LogP contribution in [0, 0.1) is 28.1 Å². The van der Waals surface area contributed by atoms with Crippen LogP contribution < -0.4 is 4.74 Å². The Hall–Kier alpha value is -3.50. The Labute approximate surface area is 275 Å². The number of hydrogen-bond acceptors (Lipinski definition) is 14. The number of carbonyl (C=O) groups is 4. The van der Waals surface area contributed by atoms with Crippen LogP contribution in [-0.2, 0) is 54.1 Å². The number of aliphatic hydroxyl groups is 2. The van der Waals surface area contributed by atoms with E-state index in [0.717, 1.165) is 0 Å². The lowest BCUT2D eigenvalue weighted by Crippen LogP contribution is -2.67. The molecule has 1 amide bonds. The minimum Gasteiger partial charge on any atom is -0.497 e. The fourth-order valence-corrected chi connectivity index (χ4v) is 10.4. The SMILES string of the molecule is COc1ccc(CO[C@H]2C(=O)OC3OC45C(=O)OC6[C@H](OC(=O)N7CCOCC7)[C@@H](C(C)(C)C)C32C64[C@@H](O)C2OC(=O)[C@@H](C)[C@@]25O)cc1. The Morgan fingerprint density at radius 3 is 2.35 bits per heavy atom. The second-order valence-electron chi connectivity index (χ2n) is 14.9. The molecule has 5 heterocycles. The van der Waals surface area contributed by atoms with Crippen molar-refractivity contribution < 1.29 is 67.3 Å². The highest BCUT2D eigenvalue weighted by atomic mass is 16.8. The van der Waals surface area contributed by atoms with Gasteiger partial charge in [0, 0.05) is 19.0 Å². The standard InChI is InChI=1S/C33H39NO14/c1-15-24(36)45-22-20(35)31-21-18(44-28(39)34-10-12-42-13-11-34)19(29(2,3)4)30(31)23(43-14-16-6-8-17(41-5)9-7-16)25(37)47-27(30)48-33(31,26(38)46-21)32(15,22)40/h6-9,15,18-23,27,35,40H,10-14H2,1-5H3/t15-,18-,19+,20+,21?,22?,23+,27?,30?,31?,32-,33?/m1/s1. The number of rotatable bonds is 5. The Bertz CT molecular complexity index is 1570. The number of carbonyl (C=O) groups excluding carboxylic acids is 4. The van der Waals surface area contributed by atoms with E-state index in [-0.39, 0.29) is 19.7 Å². The fraction of sp³-hybridized carbons (Fsp3) is 0.697. The molecule has 1 aromatic rings. The van der Waals surface area contributed by atoms with Crippen LogP contribution >= 0.6 is 0 Å². The maximum absolute atomic E-state index is 14.4. The van der Waals surface area contributed by atoms with Gasteiger partial charge in [0.15, 0.2) is 23.9 Å². The van der Waals surface area contributed by atoms with E-state index in [1.165, 1.54) is 18.9 Å². The molecule has 6 unspecified atom stereocenters. The largest absolute Gasteiger partial charge is 0.497 e. The third kappa shape index (κ3) is 3.36. The Morgan fingerprint density at radius 2 is 1.71 bits per heavy atom. The molecule has 2 aliphatic carbocycles. The highest BCUT2D eigenvalue weighted by molar-refractivity contribution is 5.94. The summed E-state index contributed by atoms with van der Waals surface area (Å²) in [5, 5.41) is 25.1. The normalized spacial score (nSPS) is 45.2. The van der Waals surface area contributed by atoms with Crippen molar-refractivity contribution in [3.8, 4) is 5.75 Å². The molecule has 0 aromatic heterocycles. The summed E-state index contributed by atoms with van der Waals surface area (Å²) in [5.74, 6) is -4.43. The summed E-state index contributed by atoms with van der Waals surface area (Å²) in [4.78, 5) is 56.6. The first-order valence-electron chi connectivity index (χ1n) is 16.2. The molecular formula is C33H39NO14. The van der Waals surface area contributed by atoms with Gasteiger partial charge >= 0.3 is 24.0 Å². The molecule has 2 saturated carbocycles. The van der Waals surface area contributed by atoms with E-state index in [1.54, 1.807) is 24.3 Å². The van der Waals surface area contributed by atoms with Crippen LogP contribution in [0.3, 0.4) is 0 Å². The van der Waals surface area contributed by atoms with Gasteiger partial charge in [-0.2, -0.15) is 0 Å². The number of fused-ring (bicyclic) bond motifs is 1. The van der Waals surface area contributed by atoms with Gasteiger partial charge in [-0.3, -0.25) is 4.79 Å². The summed E-state index contributed by atoms with van der Waals surface area (Å²) >= 11 is 0. The highest BCUT2D eigenvalue weighted by Gasteiger charge is 3.05. The molecule has 7 fully saturated rings. The molecule has 2 spiro atoms. The van der Waals surface area contributed by atoms with E-state index >= 15 is 0 Å². The summed E-state index contributed by atoms with van der Waals surface area (Å²) in [6.45, 7) is 7.98. The molecule has 1 aromatic carbocycles. The van der Waals surface area contributed by atoms with Crippen molar-refractivity contribution in [2.75, 3.05) is 33.4 Å². The molecule has 8 rings (SSSR count). The molecule has 48 heavy (non-hydrogen) atoms. The molecule has 15 nitrogen and oxygen atoms in total. The average Bonchev–Trinajstić information content (AvgIpc) is 3.76. The Morgan fingerprint density at radius 1 is 1.02 bits per heavy atom. The number of benzene rings is 1. The second-order valence-corrected chi connectivity index (χ2v) is 14.9. The van der Waals surface area contributed by atoms with E-state index in [4.69, 9.17) is 37.9 Å². The molecule has 5 saturated heterocycles. The summed E-state index contributed by atoms with van der Waals surface area (Å²) < 4.78 is 47.5. The van der Waals surface area contributed by atoms with Crippen LogP contribution in [-0.4, -0.2) is 121 Å². The second kappa shape index (κ2) is 10.0. The van der Waals surface area contributed by atoms with Gasteiger partial charge in [-0.05, 0) is 30.0 Å². The number of hydrogen-bond donors (Lipinski definition) is 2. The molecular weight excluding hydrogens is 634 g/mol. The molecule has 7 aliphatic rings. The predicted octanol–water partition coefficient (Wildman–Crippen LogP) is 0.311. The van der Waals surface area contributed by atoms with Crippen molar-refractivity contribution in [2.24, 2.45) is 28.1 Å². The molecule has 12 atom stereocenters. The van der Waals surface area contributed by atoms with Crippen molar-refractivity contribution >= 4 is 24.0 Å². The zero-order chi connectivity index (χ0) is 34.2. The first-order chi connectivity index (χ1) is 22.7. The number of nitrogens with zero attached hydrogens (tertiary/aromatic N) is 1. The lowest BCUT2D eigenvalue weighted by molar-refractivity contribution is -0.240. The summed E-state index contributed by atoms with van der Waals surface area (Å²) in [6.07, 6.45) is -9.99.